The lowest BCUT2D eigenvalue weighted by Gasteiger charge is -2.39. The standard InChI is InChI=1S/C18H25N5O/c1-14-11-22(12-15-3-5-16(6-4-15)18(19)24)9-10-23(14)13-17-20-7-8-21(17)2/h3-8,14H,9-13H2,1-2H3,(H2,19,24). The maximum Gasteiger partial charge on any atom is 0.248 e. The minimum Gasteiger partial charge on any atom is -0.366 e. The third-order valence-corrected chi connectivity index (χ3v) is 4.76. The van der Waals surface area contributed by atoms with Crippen molar-refractivity contribution < 1.29 is 4.79 Å². The van der Waals surface area contributed by atoms with Crippen LogP contribution in [0.3, 0.4) is 0 Å². The van der Waals surface area contributed by atoms with Crippen molar-refractivity contribution in [1.82, 2.24) is 19.4 Å². The monoisotopic (exact) mass is 327 g/mol. The average Bonchev–Trinajstić information content (AvgIpc) is 2.95. The van der Waals surface area contributed by atoms with E-state index in [4.69, 9.17) is 5.73 Å². The van der Waals surface area contributed by atoms with Gasteiger partial charge in [0.2, 0.25) is 5.91 Å². The normalized spacial score (nSPS) is 19.5. The van der Waals surface area contributed by atoms with Crippen LogP contribution in [0.5, 0.6) is 0 Å². The van der Waals surface area contributed by atoms with Gasteiger partial charge in [0.15, 0.2) is 0 Å². The molecule has 0 spiro atoms. The maximum absolute atomic E-state index is 11.1. The van der Waals surface area contributed by atoms with Gasteiger partial charge in [-0.2, -0.15) is 0 Å². The summed E-state index contributed by atoms with van der Waals surface area (Å²) in [6.07, 6.45) is 3.85. The molecule has 1 aromatic heterocycles. The van der Waals surface area contributed by atoms with Gasteiger partial charge in [-0.15, -0.1) is 0 Å². The highest BCUT2D eigenvalue weighted by Crippen LogP contribution is 2.15. The molecule has 0 aliphatic carbocycles. The molecule has 128 valence electrons. The van der Waals surface area contributed by atoms with Gasteiger partial charge in [0.1, 0.15) is 5.82 Å². The van der Waals surface area contributed by atoms with E-state index in [-0.39, 0.29) is 5.91 Å². The van der Waals surface area contributed by atoms with Gasteiger partial charge in [0.25, 0.3) is 0 Å². The lowest BCUT2D eigenvalue weighted by atomic mass is 10.1. The predicted molar refractivity (Wildman–Crippen MR) is 93.3 cm³/mol. The highest BCUT2D eigenvalue weighted by Gasteiger charge is 2.24. The summed E-state index contributed by atoms with van der Waals surface area (Å²) in [4.78, 5) is 20.5. The molecule has 0 bridgehead atoms. The summed E-state index contributed by atoms with van der Waals surface area (Å²) < 4.78 is 2.08. The van der Waals surface area contributed by atoms with Crippen LogP contribution in [0.1, 0.15) is 28.7 Å². The second-order valence-corrected chi connectivity index (χ2v) is 6.57. The number of rotatable bonds is 5. The van der Waals surface area contributed by atoms with Gasteiger partial charge in [-0.1, -0.05) is 12.1 Å². The first kappa shape index (κ1) is 16.7. The van der Waals surface area contributed by atoms with Gasteiger partial charge < -0.3 is 10.3 Å². The van der Waals surface area contributed by atoms with Gasteiger partial charge in [0, 0.05) is 57.2 Å². The van der Waals surface area contributed by atoms with Crippen LogP contribution in [0.2, 0.25) is 0 Å². The smallest absolute Gasteiger partial charge is 0.248 e. The molecule has 1 aliphatic heterocycles. The minimum absolute atomic E-state index is 0.377. The number of piperazine rings is 1. The highest BCUT2D eigenvalue weighted by molar-refractivity contribution is 5.92. The van der Waals surface area contributed by atoms with Crippen LogP contribution in [-0.2, 0) is 20.1 Å². The number of benzene rings is 1. The topological polar surface area (TPSA) is 67.4 Å². The molecular weight excluding hydrogens is 302 g/mol. The molecule has 1 aromatic carbocycles. The fraction of sp³-hybridized carbons (Fsp3) is 0.444. The van der Waals surface area contributed by atoms with Gasteiger partial charge in [-0.3, -0.25) is 14.6 Å². The number of carbonyl (C=O) groups is 1. The van der Waals surface area contributed by atoms with Crippen LogP contribution in [0, 0.1) is 0 Å². The SMILES string of the molecule is CC1CN(Cc2ccc(C(N)=O)cc2)CCN1Cc1nccn1C. The fourth-order valence-corrected chi connectivity index (χ4v) is 3.21. The van der Waals surface area contributed by atoms with Crippen molar-refractivity contribution in [2.24, 2.45) is 12.8 Å². The first-order valence-electron chi connectivity index (χ1n) is 8.34. The molecule has 3 rings (SSSR count). The number of nitrogens with two attached hydrogens (primary N) is 1. The maximum atomic E-state index is 11.1. The van der Waals surface area contributed by atoms with Crippen molar-refractivity contribution in [2.45, 2.75) is 26.1 Å². The number of hydrogen-bond acceptors (Lipinski definition) is 4. The Morgan fingerprint density at radius 1 is 1.25 bits per heavy atom. The zero-order chi connectivity index (χ0) is 17.1. The van der Waals surface area contributed by atoms with Gasteiger partial charge >= 0.3 is 0 Å². The Labute approximate surface area is 142 Å². The van der Waals surface area contributed by atoms with Crippen molar-refractivity contribution in [3.8, 4) is 0 Å². The van der Waals surface area contributed by atoms with Gasteiger partial charge in [-0.25, -0.2) is 4.98 Å². The molecule has 1 amide bonds. The molecule has 2 N–H and O–H groups in total. The number of imidazole rings is 1. The largest absolute Gasteiger partial charge is 0.366 e. The number of amides is 1. The Balaban J connectivity index is 1.55. The average molecular weight is 327 g/mol. The number of nitrogens with zero attached hydrogens (tertiary/aromatic N) is 4. The summed E-state index contributed by atoms with van der Waals surface area (Å²) in [7, 11) is 2.04. The van der Waals surface area contributed by atoms with Crippen molar-refractivity contribution >= 4 is 5.91 Å². The second-order valence-electron chi connectivity index (χ2n) is 6.57. The summed E-state index contributed by atoms with van der Waals surface area (Å²) >= 11 is 0. The molecular formula is C18H25N5O. The highest BCUT2D eigenvalue weighted by atomic mass is 16.1. The third-order valence-electron chi connectivity index (χ3n) is 4.76. The van der Waals surface area contributed by atoms with E-state index in [0.717, 1.165) is 38.5 Å². The number of carbonyl (C=O) groups excluding carboxylic acids is 1. The Hall–Kier alpha value is -2.18. The van der Waals surface area contributed by atoms with Crippen LogP contribution >= 0.6 is 0 Å². The van der Waals surface area contributed by atoms with E-state index in [1.165, 1.54) is 5.56 Å². The quantitative estimate of drug-likeness (QED) is 0.897. The molecule has 1 fully saturated rings. The first-order valence-corrected chi connectivity index (χ1v) is 8.34. The zero-order valence-corrected chi connectivity index (χ0v) is 14.4. The predicted octanol–water partition coefficient (Wildman–Crippen LogP) is 1.23. The van der Waals surface area contributed by atoms with Crippen LogP contribution < -0.4 is 5.73 Å². The fourth-order valence-electron chi connectivity index (χ4n) is 3.21. The van der Waals surface area contributed by atoms with Gasteiger partial charge in [-0.05, 0) is 24.6 Å². The molecule has 2 heterocycles. The number of aromatic nitrogens is 2. The second kappa shape index (κ2) is 7.15. The molecule has 6 heteroatoms. The van der Waals surface area contributed by atoms with Crippen molar-refractivity contribution in [3.63, 3.8) is 0 Å². The molecule has 0 radical (unpaired) electrons. The van der Waals surface area contributed by atoms with E-state index < -0.39 is 0 Å². The van der Waals surface area contributed by atoms with E-state index in [0.29, 0.717) is 11.6 Å². The number of aryl methyl sites for hydroxylation is 1. The number of hydrogen-bond donors (Lipinski definition) is 1. The summed E-state index contributed by atoms with van der Waals surface area (Å²) in [6.45, 7) is 7.17. The molecule has 0 saturated carbocycles. The van der Waals surface area contributed by atoms with Crippen LogP contribution in [-0.4, -0.2) is 50.9 Å². The molecule has 1 saturated heterocycles. The van der Waals surface area contributed by atoms with Crippen molar-refractivity contribution in [1.29, 1.82) is 0 Å². The molecule has 1 unspecified atom stereocenters. The van der Waals surface area contributed by atoms with Crippen LogP contribution in [0.4, 0.5) is 0 Å². The zero-order valence-electron chi connectivity index (χ0n) is 14.4. The Morgan fingerprint density at radius 2 is 2.00 bits per heavy atom. The molecule has 6 nitrogen and oxygen atoms in total. The van der Waals surface area contributed by atoms with E-state index in [1.54, 1.807) is 12.1 Å². The summed E-state index contributed by atoms with van der Waals surface area (Å²) in [5.74, 6) is 0.732. The van der Waals surface area contributed by atoms with E-state index in [9.17, 15) is 4.79 Å². The Kier molecular flexibility index (Phi) is 4.97. The van der Waals surface area contributed by atoms with Crippen LogP contribution in [0.15, 0.2) is 36.7 Å². The summed E-state index contributed by atoms with van der Waals surface area (Å²) in [5, 5.41) is 0. The molecule has 1 aliphatic rings. The van der Waals surface area contributed by atoms with E-state index in [1.807, 2.05) is 31.6 Å². The van der Waals surface area contributed by atoms with E-state index in [2.05, 4.69) is 26.3 Å². The minimum atomic E-state index is -0.377. The Bertz CT molecular complexity index is 694. The molecule has 24 heavy (non-hydrogen) atoms. The van der Waals surface area contributed by atoms with Crippen molar-refractivity contribution in [3.05, 3.63) is 53.6 Å². The summed E-state index contributed by atoms with van der Waals surface area (Å²) in [5.41, 5.74) is 7.06. The van der Waals surface area contributed by atoms with Crippen LogP contribution in [0.25, 0.3) is 0 Å². The van der Waals surface area contributed by atoms with Crippen molar-refractivity contribution in [2.75, 3.05) is 19.6 Å². The molecule has 1 atom stereocenters. The van der Waals surface area contributed by atoms with E-state index >= 15 is 0 Å². The lowest BCUT2D eigenvalue weighted by Crippen LogP contribution is -2.51. The first-order chi connectivity index (χ1) is 11.5. The third kappa shape index (κ3) is 3.83. The van der Waals surface area contributed by atoms with Gasteiger partial charge in [0.05, 0.1) is 6.54 Å². The number of primary amides is 1. The summed E-state index contributed by atoms with van der Waals surface area (Å²) in [6, 6.07) is 8.08. The Morgan fingerprint density at radius 3 is 2.58 bits per heavy atom. The molecule has 2 aromatic rings. The lowest BCUT2D eigenvalue weighted by molar-refractivity contribution is 0.0707.